The molecule has 0 aliphatic carbocycles. The zero-order valence-corrected chi connectivity index (χ0v) is 10.7. The van der Waals surface area contributed by atoms with Crippen molar-refractivity contribution in [1.82, 2.24) is 9.78 Å². The number of nitrogens with zero attached hydrogens (tertiary/aromatic N) is 2. The van der Waals surface area contributed by atoms with Crippen LogP contribution in [0.2, 0.25) is 0 Å². The van der Waals surface area contributed by atoms with Crippen LogP contribution in [0.5, 0.6) is 0 Å². The third kappa shape index (κ3) is 2.30. The second kappa shape index (κ2) is 4.68. The third-order valence-electron chi connectivity index (χ3n) is 2.90. The van der Waals surface area contributed by atoms with Crippen molar-refractivity contribution in [3.63, 3.8) is 0 Å². The van der Waals surface area contributed by atoms with E-state index in [-0.39, 0.29) is 6.42 Å². The van der Waals surface area contributed by atoms with Gasteiger partial charge in [-0.3, -0.25) is 9.48 Å². The summed E-state index contributed by atoms with van der Waals surface area (Å²) in [5.74, 6) is 0.770. The average Bonchev–Trinajstić information content (AvgIpc) is 2.79. The van der Waals surface area contributed by atoms with Crippen LogP contribution in [0.25, 0.3) is 11.3 Å². The van der Waals surface area contributed by atoms with Crippen LogP contribution < -0.4 is 0 Å². The minimum Gasteiger partial charge on any atom is -0.481 e. The van der Waals surface area contributed by atoms with Crippen LogP contribution >= 0.6 is 0 Å². The van der Waals surface area contributed by atoms with Gasteiger partial charge < -0.3 is 9.52 Å². The van der Waals surface area contributed by atoms with Crippen molar-refractivity contribution >= 4 is 5.97 Å². The molecule has 5 nitrogen and oxygen atoms in total. The fourth-order valence-corrected chi connectivity index (χ4v) is 2.11. The molecule has 0 aliphatic heterocycles. The highest BCUT2D eigenvalue weighted by molar-refractivity contribution is 5.69. The number of rotatable bonds is 4. The first-order valence-corrected chi connectivity index (χ1v) is 5.80. The standard InChI is InChI=1S/C13H16N2O3/c1-8-4-6-11(18-8)13-9(2)14-15(3)10(13)5-7-12(16)17/h4,6H,5,7H2,1-3H3,(H,16,17). The van der Waals surface area contributed by atoms with E-state index in [1.165, 1.54) is 0 Å². The number of hydrogen-bond acceptors (Lipinski definition) is 3. The van der Waals surface area contributed by atoms with Crippen LogP contribution in [-0.4, -0.2) is 20.9 Å². The molecule has 0 unspecified atom stereocenters. The summed E-state index contributed by atoms with van der Waals surface area (Å²) in [7, 11) is 1.82. The number of carbonyl (C=O) groups is 1. The van der Waals surface area contributed by atoms with Gasteiger partial charge >= 0.3 is 5.97 Å². The average molecular weight is 248 g/mol. The van der Waals surface area contributed by atoms with Crippen molar-refractivity contribution in [3.8, 4) is 11.3 Å². The second-order valence-electron chi connectivity index (χ2n) is 4.33. The van der Waals surface area contributed by atoms with Crippen LogP contribution in [0, 0.1) is 13.8 Å². The Balaban J connectivity index is 2.42. The van der Waals surface area contributed by atoms with Crippen molar-refractivity contribution in [2.45, 2.75) is 26.7 Å². The number of carboxylic acids is 1. The van der Waals surface area contributed by atoms with Crippen LogP contribution in [0.15, 0.2) is 16.5 Å². The SMILES string of the molecule is Cc1ccc(-c2c(C)nn(C)c2CCC(=O)O)o1. The molecule has 0 bridgehead atoms. The maximum atomic E-state index is 10.7. The molecule has 2 aromatic rings. The van der Waals surface area contributed by atoms with Gasteiger partial charge in [0.15, 0.2) is 0 Å². The number of aliphatic carboxylic acids is 1. The highest BCUT2D eigenvalue weighted by atomic mass is 16.4. The van der Waals surface area contributed by atoms with Crippen LogP contribution in [-0.2, 0) is 18.3 Å². The van der Waals surface area contributed by atoms with E-state index in [0.717, 1.165) is 28.5 Å². The topological polar surface area (TPSA) is 68.3 Å². The van der Waals surface area contributed by atoms with E-state index >= 15 is 0 Å². The first-order valence-electron chi connectivity index (χ1n) is 5.80. The van der Waals surface area contributed by atoms with Gasteiger partial charge in [-0.15, -0.1) is 0 Å². The Morgan fingerprint density at radius 2 is 2.17 bits per heavy atom. The molecule has 0 fully saturated rings. The molecule has 0 amide bonds. The Morgan fingerprint density at radius 3 is 2.72 bits per heavy atom. The zero-order chi connectivity index (χ0) is 13.3. The Bertz CT molecular complexity index is 581. The molecule has 0 aromatic carbocycles. The summed E-state index contributed by atoms with van der Waals surface area (Å²) in [6.07, 6.45) is 0.535. The lowest BCUT2D eigenvalue weighted by molar-refractivity contribution is -0.136. The van der Waals surface area contributed by atoms with E-state index in [1.807, 2.05) is 33.0 Å². The summed E-state index contributed by atoms with van der Waals surface area (Å²) >= 11 is 0. The van der Waals surface area contributed by atoms with E-state index in [0.29, 0.717) is 6.42 Å². The fourth-order valence-electron chi connectivity index (χ4n) is 2.11. The van der Waals surface area contributed by atoms with E-state index in [9.17, 15) is 4.79 Å². The van der Waals surface area contributed by atoms with E-state index in [2.05, 4.69) is 5.10 Å². The lowest BCUT2D eigenvalue weighted by Gasteiger charge is -2.03. The number of furan rings is 1. The van der Waals surface area contributed by atoms with Gasteiger partial charge in [0.2, 0.25) is 0 Å². The van der Waals surface area contributed by atoms with Gasteiger partial charge in [-0.1, -0.05) is 0 Å². The van der Waals surface area contributed by atoms with Crippen LogP contribution in [0.3, 0.4) is 0 Å². The molecule has 0 spiro atoms. The number of carboxylic acid groups (broad SMARTS) is 1. The van der Waals surface area contributed by atoms with Crippen molar-refractivity contribution in [2.24, 2.45) is 7.05 Å². The molecule has 0 saturated heterocycles. The van der Waals surface area contributed by atoms with E-state index in [4.69, 9.17) is 9.52 Å². The first-order chi connectivity index (χ1) is 8.49. The molecule has 0 radical (unpaired) electrons. The fraction of sp³-hybridized carbons (Fsp3) is 0.385. The van der Waals surface area contributed by atoms with E-state index < -0.39 is 5.97 Å². The summed E-state index contributed by atoms with van der Waals surface area (Å²) < 4.78 is 7.34. The number of hydrogen-bond donors (Lipinski definition) is 1. The minimum absolute atomic E-state index is 0.0890. The highest BCUT2D eigenvalue weighted by Crippen LogP contribution is 2.29. The Labute approximate surface area is 105 Å². The lowest BCUT2D eigenvalue weighted by Crippen LogP contribution is -2.03. The molecule has 2 heterocycles. The predicted molar refractivity (Wildman–Crippen MR) is 66.3 cm³/mol. The van der Waals surface area contributed by atoms with Crippen molar-refractivity contribution in [3.05, 3.63) is 29.3 Å². The summed E-state index contributed by atoms with van der Waals surface area (Å²) in [5, 5.41) is 13.1. The van der Waals surface area contributed by atoms with Crippen molar-refractivity contribution in [2.75, 3.05) is 0 Å². The monoisotopic (exact) mass is 248 g/mol. The van der Waals surface area contributed by atoms with E-state index in [1.54, 1.807) is 4.68 Å². The Morgan fingerprint density at radius 1 is 1.44 bits per heavy atom. The highest BCUT2D eigenvalue weighted by Gasteiger charge is 2.18. The molecular formula is C13H16N2O3. The Kier molecular flexibility index (Phi) is 3.23. The molecule has 1 N–H and O–H groups in total. The smallest absolute Gasteiger partial charge is 0.303 e. The summed E-state index contributed by atoms with van der Waals surface area (Å²) in [6, 6.07) is 3.78. The molecule has 96 valence electrons. The van der Waals surface area contributed by atoms with Gasteiger partial charge in [0.05, 0.1) is 17.7 Å². The Hall–Kier alpha value is -2.04. The summed E-state index contributed by atoms with van der Waals surface area (Å²) in [4.78, 5) is 10.7. The zero-order valence-electron chi connectivity index (χ0n) is 10.7. The molecular weight excluding hydrogens is 232 g/mol. The van der Waals surface area contributed by atoms with Gasteiger partial charge in [-0.25, -0.2) is 0 Å². The number of aromatic nitrogens is 2. The van der Waals surface area contributed by atoms with Gasteiger partial charge in [0.25, 0.3) is 0 Å². The largest absolute Gasteiger partial charge is 0.481 e. The quantitative estimate of drug-likeness (QED) is 0.901. The molecule has 2 aromatic heterocycles. The lowest BCUT2D eigenvalue weighted by atomic mass is 10.1. The minimum atomic E-state index is -0.810. The molecule has 18 heavy (non-hydrogen) atoms. The van der Waals surface area contributed by atoms with Gasteiger partial charge in [-0.05, 0) is 26.0 Å². The maximum Gasteiger partial charge on any atom is 0.303 e. The molecule has 0 saturated carbocycles. The molecule has 2 rings (SSSR count). The third-order valence-corrected chi connectivity index (χ3v) is 2.90. The molecule has 0 atom stereocenters. The summed E-state index contributed by atoms with van der Waals surface area (Å²) in [6.45, 7) is 3.78. The maximum absolute atomic E-state index is 10.7. The normalized spacial score (nSPS) is 10.8. The van der Waals surface area contributed by atoms with Gasteiger partial charge in [0.1, 0.15) is 11.5 Å². The van der Waals surface area contributed by atoms with Gasteiger partial charge in [0, 0.05) is 19.2 Å². The second-order valence-corrected chi connectivity index (χ2v) is 4.33. The van der Waals surface area contributed by atoms with Crippen molar-refractivity contribution in [1.29, 1.82) is 0 Å². The van der Waals surface area contributed by atoms with Crippen LogP contribution in [0.4, 0.5) is 0 Å². The predicted octanol–water partition coefficient (Wildman–Crippen LogP) is 2.31. The molecule has 5 heteroatoms. The summed E-state index contributed by atoms with van der Waals surface area (Å²) in [5.41, 5.74) is 2.66. The molecule has 0 aliphatic rings. The van der Waals surface area contributed by atoms with Gasteiger partial charge in [-0.2, -0.15) is 5.10 Å². The van der Waals surface area contributed by atoms with Crippen molar-refractivity contribution < 1.29 is 14.3 Å². The number of aryl methyl sites for hydroxylation is 3. The first kappa shape index (κ1) is 12.4. The van der Waals surface area contributed by atoms with Crippen LogP contribution in [0.1, 0.15) is 23.6 Å².